The minimum absolute atomic E-state index is 0.00320. The van der Waals surface area contributed by atoms with Crippen LogP contribution in [0.15, 0.2) is 41.4 Å². The number of hydrogen-bond donors (Lipinski definition) is 6. The zero-order chi connectivity index (χ0) is 35.8. The Morgan fingerprint density at radius 2 is 1.90 bits per heavy atom. The molecule has 4 rings (SSSR count). The van der Waals surface area contributed by atoms with Crippen molar-refractivity contribution in [1.29, 1.82) is 10.7 Å². The van der Waals surface area contributed by atoms with Crippen LogP contribution in [0, 0.1) is 28.5 Å². The quantitative estimate of drug-likeness (QED) is 0.116. The maximum absolute atomic E-state index is 13.6. The summed E-state index contributed by atoms with van der Waals surface area (Å²) >= 11 is 0. The molecule has 1 saturated heterocycles. The molecule has 2 amide bonds. The lowest BCUT2D eigenvalue weighted by atomic mass is 9.87. The number of halogens is 1. The molecule has 1 aromatic heterocycles. The summed E-state index contributed by atoms with van der Waals surface area (Å²) in [6.45, 7) is 4.33. The lowest BCUT2D eigenvalue weighted by molar-refractivity contribution is -0.158. The van der Waals surface area contributed by atoms with Crippen LogP contribution < -0.4 is 10.6 Å². The third kappa shape index (κ3) is 9.50. The van der Waals surface area contributed by atoms with E-state index in [1.807, 2.05) is 6.07 Å². The molecule has 1 aromatic carbocycles. The highest BCUT2D eigenvalue weighted by Gasteiger charge is 2.59. The molecular formula is C34H43FN6O8. The number of benzene rings is 1. The van der Waals surface area contributed by atoms with E-state index in [2.05, 4.69) is 20.6 Å². The van der Waals surface area contributed by atoms with Crippen molar-refractivity contribution < 1.29 is 43.2 Å². The Labute approximate surface area is 283 Å². The van der Waals surface area contributed by atoms with E-state index in [9.17, 15) is 34.2 Å². The number of hydrogen-bond acceptors (Lipinski definition) is 10. The topological polar surface area (TPSA) is 219 Å². The number of aromatic amines is 1. The molecule has 6 N–H and O–H groups in total. The van der Waals surface area contributed by atoms with E-state index >= 15 is 0 Å². The highest BCUT2D eigenvalue weighted by molar-refractivity contribution is 6.10. The molecule has 1 aliphatic carbocycles. The molecule has 15 heteroatoms. The fourth-order valence-electron chi connectivity index (χ4n) is 6.00. The Balaban J connectivity index is 1.54. The number of nitriles is 1. The number of esters is 1. The average molecular weight is 683 g/mol. The first kappa shape index (κ1) is 37.2. The molecule has 49 heavy (non-hydrogen) atoms. The number of aromatic nitrogens is 1. The molecule has 2 heterocycles. The maximum atomic E-state index is 13.6. The van der Waals surface area contributed by atoms with Gasteiger partial charge in [0.05, 0.1) is 18.0 Å². The van der Waals surface area contributed by atoms with Crippen molar-refractivity contribution in [2.45, 2.75) is 101 Å². The van der Waals surface area contributed by atoms with Crippen molar-refractivity contribution in [3.05, 3.63) is 59.2 Å². The van der Waals surface area contributed by atoms with Crippen molar-refractivity contribution in [1.82, 2.24) is 15.6 Å². The van der Waals surface area contributed by atoms with Gasteiger partial charge >= 0.3 is 12.1 Å². The van der Waals surface area contributed by atoms with Crippen LogP contribution in [0.1, 0.15) is 76.2 Å². The smallest absolute Gasteiger partial charge is 0.408 e. The Morgan fingerprint density at radius 3 is 2.51 bits per heavy atom. The van der Waals surface area contributed by atoms with E-state index in [0.717, 1.165) is 32.1 Å². The fraction of sp³-hybridized carbons (Fsp3) is 0.529. The van der Waals surface area contributed by atoms with Crippen LogP contribution >= 0.6 is 0 Å². The van der Waals surface area contributed by atoms with Gasteiger partial charge in [-0.05, 0) is 69.4 Å². The number of rotatable bonds is 11. The standard InChI is InChI=1S/C34H43FN6O8/c1-33(2,3)49-32(46)40-24(15-21-9-11-22(35)12-10-21)31(45)41-30(38-19-37)23-13-14-26(39-23)34(18-36)29(44)28(25(17-42)48-34)47-27(43)16-20-7-5-4-6-8-20/h9-14,19-20,24-25,28-29,39,42,44H,4-8,15-17H2,1-3H3,(H,40,46)(H2,37,38,41,45)/t24-,25+,28+,29+,34-/m0/s1. The van der Waals surface area contributed by atoms with Crippen molar-refractivity contribution >= 4 is 30.1 Å². The van der Waals surface area contributed by atoms with Crippen LogP contribution in [0.25, 0.3) is 0 Å². The van der Waals surface area contributed by atoms with E-state index in [1.54, 1.807) is 20.8 Å². The van der Waals surface area contributed by atoms with Gasteiger partial charge in [-0.2, -0.15) is 5.26 Å². The number of H-pyrrole nitrogens is 1. The molecule has 2 aliphatic rings. The molecule has 5 atom stereocenters. The third-order valence-corrected chi connectivity index (χ3v) is 8.36. The second-order valence-electron chi connectivity index (χ2n) is 13.2. The van der Waals surface area contributed by atoms with E-state index < -0.39 is 65.9 Å². The summed E-state index contributed by atoms with van der Waals surface area (Å²) in [5.41, 5.74) is -2.34. The molecule has 1 saturated carbocycles. The predicted molar refractivity (Wildman–Crippen MR) is 174 cm³/mol. The number of amides is 2. The lowest BCUT2D eigenvalue weighted by Crippen LogP contribution is -2.51. The van der Waals surface area contributed by atoms with Gasteiger partial charge in [0.2, 0.25) is 11.5 Å². The summed E-state index contributed by atoms with van der Waals surface area (Å²) in [7, 11) is 0. The van der Waals surface area contributed by atoms with Gasteiger partial charge in [0.15, 0.2) is 11.9 Å². The zero-order valence-electron chi connectivity index (χ0n) is 27.7. The van der Waals surface area contributed by atoms with Crippen LogP contribution in [-0.4, -0.2) is 81.9 Å². The second kappa shape index (κ2) is 16.2. The summed E-state index contributed by atoms with van der Waals surface area (Å²) in [4.78, 5) is 45.8. The molecule has 0 bridgehead atoms. The van der Waals surface area contributed by atoms with E-state index in [1.165, 1.54) is 36.4 Å². The van der Waals surface area contributed by atoms with Gasteiger partial charge in [0, 0.05) is 12.8 Å². The van der Waals surface area contributed by atoms with Gasteiger partial charge in [0.1, 0.15) is 42.1 Å². The van der Waals surface area contributed by atoms with Gasteiger partial charge in [-0.1, -0.05) is 31.4 Å². The Bertz CT molecular complexity index is 1560. The summed E-state index contributed by atoms with van der Waals surface area (Å²) < 4.78 is 30.3. The summed E-state index contributed by atoms with van der Waals surface area (Å²) in [5, 5.41) is 44.3. The number of aliphatic hydroxyl groups excluding tert-OH is 2. The van der Waals surface area contributed by atoms with Crippen molar-refractivity contribution in [3.8, 4) is 6.07 Å². The number of nitrogens with zero attached hydrogens (tertiary/aromatic N) is 2. The van der Waals surface area contributed by atoms with E-state index in [0.29, 0.717) is 11.9 Å². The number of aliphatic imine (C=N–C) groups is 1. The highest BCUT2D eigenvalue weighted by Crippen LogP contribution is 2.41. The minimum atomic E-state index is -2.11. The monoisotopic (exact) mass is 682 g/mol. The first-order valence-electron chi connectivity index (χ1n) is 16.2. The predicted octanol–water partition coefficient (Wildman–Crippen LogP) is 3.11. The lowest BCUT2D eigenvalue weighted by Gasteiger charge is -2.25. The number of aliphatic hydroxyl groups is 2. The van der Waals surface area contributed by atoms with Crippen molar-refractivity contribution in [2.24, 2.45) is 10.9 Å². The van der Waals surface area contributed by atoms with Gasteiger partial charge in [-0.25, -0.2) is 14.2 Å². The number of alkyl carbamates (subject to hydrolysis) is 1. The minimum Gasteiger partial charge on any atom is -0.457 e. The van der Waals surface area contributed by atoms with Gasteiger partial charge in [0.25, 0.3) is 0 Å². The SMILES string of the molecule is CC(C)(C)OC(=O)N[C@@H](Cc1ccc(F)cc1)C(=O)NC(=NC=N)c1ccc([C@]2(C#N)O[C@H](CO)[C@@H](OC(=O)CC3CCCCC3)[C@H]2O)[nH]1. The molecule has 2 fully saturated rings. The second-order valence-corrected chi connectivity index (χ2v) is 13.2. The molecule has 14 nitrogen and oxygen atoms in total. The molecule has 2 aromatic rings. The molecule has 1 aliphatic heterocycles. The van der Waals surface area contributed by atoms with Crippen LogP contribution in [-0.2, 0) is 35.8 Å². The molecule has 0 radical (unpaired) electrons. The van der Waals surface area contributed by atoms with Crippen LogP contribution in [0.3, 0.4) is 0 Å². The highest BCUT2D eigenvalue weighted by atomic mass is 19.1. The van der Waals surface area contributed by atoms with E-state index in [4.69, 9.17) is 19.6 Å². The Morgan fingerprint density at radius 1 is 1.20 bits per heavy atom. The maximum Gasteiger partial charge on any atom is 0.408 e. The van der Waals surface area contributed by atoms with Crippen LogP contribution in [0.2, 0.25) is 0 Å². The number of amidine groups is 1. The Hall–Kier alpha value is -4.65. The first-order chi connectivity index (χ1) is 23.3. The van der Waals surface area contributed by atoms with Crippen LogP contribution in [0.5, 0.6) is 0 Å². The molecule has 0 unspecified atom stereocenters. The number of ether oxygens (including phenoxy) is 3. The summed E-state index contributed by atoms with van der Waals surface area (Å²) in [5.74, 6) is -1.82. The Kier molecular flexibility index (Phi) is 12.3. The number of carbonyl (C=O) groups excluding carboxylic acids is 3. The fourth-order valence-corrected chi connectivity index (χ4v) is 6.00. The molecule has 0 spiro atoms. The summed E-state index contributed by atoms with van der Waals surface area (Å²) in [6.07, 6.45) is 0.599. The van der Waals surface area contributed by atoms with Crippen molar-refractivity contribution in [2.75, 3.05) is 6.61 Å². The normalized spacial score (nSPS) is 23.6. The van der Waals surface area contributed by atoms with Gasteiger partial charge in [-0.3, -0.25) is 15.0 Å². The van der Waals surface area contributed by atoms with Gasteiger partial charge in [-0.15, -0.1) is 0 Å². The first-order valence-corrected chi connectivity index (χ1v) is 16.2. The zero-order valence-corrected chi connectivity index (χ0v) is 27.7. The van der Waals surface area contributed by atoms with Crippen LogP contribution in [0.4, 0.5) is 9.18 Å². The van der Waals surface area contributed by atoms with Crippen molar-refractivity contribution in [3.63, 3.8) is 0 Å². The molecular weight excluding hydrogens is 639 g/mol. The van der Waals surface area contributed by atoms with Gasteiger partial charge < -0.3 is 40.0 Å². The number of carbonyl (C=O) groups is 3. The number of nitrogens with one attached hydrogen (secondary N) is 4. The molecule has 264 valence electrons. The average Bonchev–Trinajstić information content (AvgIpc) is 3.65. The third-order valence-electron chi connectivity index (χ3n) is 8.36. The van der Waals surface area contributed by atoms with E-state index in [-0.39, 0.29) is 36.0 Å². The largest absolute Gasteiger partial charge is 0.457 e. The summed E-state index contributed by atoms with van der Waals surface area (Å²) in [6, 6.07) is 8.88.